The minimum absolute atomic E-state index is 0.222. The lowest BCUT2D eigenvalue weighted by molar-refractivity contribution is -0.136. The van der Waals surface area contributed by atoms with Gasteiger partial charge in [-0.25, -0.2) is 0 Å². The number of aliphatic carboxylic acids is 1. The van der Waals surface area contributed by atoms with E-state index in [1.807, 2.05) is 0 Å². The summed E-state index contributed by atoms with van der Waals surface area (Å²) in [6.45, 7) is 4.47. The normalized spacial score (nSPS) is 7.44. The second-order valence-corrected chi connectivity index (χ2v) is 1.54. The quantitative estimate of drug-likeness (QED) is 0.586. The molecule has 0 rings (SSSR count). The molecule has 0 aromatic heterocycles. The average molecular weight is 133 g/mol. The monoisotopic (exact) mass is 133 g/mol. The minimum atomic E-state index is -0.745. The molecule has 0 atom stereocenters. The zero-order chi connectivity index (χ0) is 7.70. The number of carbonyl (C=O) groups is 1. The van der Waals surface area contributed by atoms with Crippen molar-refractivity contribution in [3.63, 3.8) is 0 Å². The largest absolute Gasteiger partial charge is 0.481 e. The van der Waals surface area contributed by atoms with Crippen molar-refractivity contribution in [3.05, 3.63) is 0 Å². The van der Waals surface area contributed by atoms with Crippen molar-refractivity contribution in [2.45, 2.75) is 26.7 Å². The third-order valence-corrected chi connectivity index (χ3v) is 0.591. The van der Waals surface area contributed by atoms with Crippen molar-refractivity contribution in [1.29, 1.82) is 0 Å². The van der Waals surface area contributed by atoms with Gasteiger partial charge in [0, 0.05) is 6.42 Å². The van der Waals surface area contributed by atoms with Gasteiger partial charge in [-0.2, -0.15) is 0 Å². The molecule has 0 aliphatic rings. The summed E-state index contributed by atoms with van der Waals surface area (Å²) >= 11 is 0. The fraction of sp³-hybridized carbons (Fsp3) is 0.833. The van der Waals surface area contributed by atoms with Crippen LogP contribution >= 0.6 is 0 Å². The van der Waals surface area contributed by atoms with Crippen molar-refractivity contribution in [3.8, 4) is 0 Å². The molecule has 0 heterocycles. The van der Waals surface area contributed by atoms with Crippen LogP contribution < -0.4 is 5.73 Å². The first kappa shape index (κ1) is 11.3. The maximum Gasteiger partial charge on any atom is 0.303 e. The first-order valence-corrected chi connectivity index (χ1v) is 3.10. The van der Waals surface area contributed by atoms with Crippen LogP contribution in [0.3, 0.4) is 0 Å². The van der Waals surface area contributed by atoms with Gasteiger partial charge in [-0.1, -0.05) is 13.8 Å². The van der Waals surface area contributed by atoms with Crippen LogP contribution in [0.1, 0.15) is 26.7 Å². The van der Waals surface area contributed by atoms with Crippen LogP contribution in [0.2, 0.25) is 0 Å². The molecule has 9 heavy (non-hydrogen) atoms. The number of carboxylic acids is 1. The molecule has 0 unspecified atom stereocenters. The Hall–Kier alpha value is -0.570. The zero-order valence-corrected chi connectivity index (χ0v) is 6.05. The number of hydrogen-bond acceptors (Lipinski definition) is 2. The highest BCUT2D eigenvalue weighted by molar-refractivity contribution is 5.66. The van der Waals surface area contributed by atoms with Crippen LogP contribution in [0, 0.1) is 0 Å². The van der Waals surface area contributed by atoms with Crippen LogP contribution in [0.5, 0.6) is 0 Å². The molecule has 3 N–H and O–H groups in total. The molecule has 0 saturated heterocycles. The van der Waals surface area contributed by atoms with Gasteiger partial charge in [-0.05, 0) is 13.0 Å². The number of rotatable bonds is 2. The Bertz CT molecular complexity index is 62.1. The fourth-order valence-electron chi connectivity index (χ4n) is 0. The lowest BCUT2D eigenvalue weighted by Crippen LogP contribution is -1.93. The molecule has 0 radical (unpaired) electrons. The highest BCUT2D eigenvalue weighted by atomic mass is 16.4. The SMILES string of the molecule is CCC(=O)O.CCCN. The van der Waals surface area contributed by atoms with Gasteiger partial charge in [0.25, 0.3) is 0 Å². The summed E-state index contributed by atoms with van der Waals surface area (Å²) in [5, 5.41) is 7.72. The van der Waals surface area contributed by atoms with E-state index in [0.29, 0.717) is 0 Å². The van der Waals surface area contributed by atoms with E-state index in [0.717, 1.165) is 13.0 Å². The first-order chi connectivity index (χ1) is 4.18. The molecule has 3 nitrogen and oxygen atoms in total. The van der Waals surface area contributed by atoms with Crippen molar-refractivity contribution in [2.75, 3.05) is 6.54 Å². The van der Waals surface area contributed by atoms with Gasteiger partial charge in [0.05, 0.1) is 0 Å². The molecule has 0 aliphatic carbocycles. The van der Waals surface area contributed by atoms with Gasteiger partial charge >= 0.3 is 5.97 Å². The predicted octanol–water partition coefficient (Wildman–Crippen LogP) is 0.836. The molecule has 0 aliphatic heterocycles. The van der Waals surface area contributed by atoms with E-state index in [2.05, 4.69) is 6.92 Å². The van der Waals surface area contributed by atoms with Crippen molar-refractivity contribution < 1.29 is 9.90 Å². The average Bonchev–Trinajstić information content (AvgIpc) is 1.89. The molecule has 0 aromatic carbocycles. The van der Waals surface area contributed by atoms with Gasteiger partial charge in [-0.15, -0.1) is 0 Å². The van der Waals surface area contributed by atoms with Crippen LogP contribution in [0.25, 0.3) is 0 Å². The summed E-state index contributed by atoms with van der Waals surface area (Å²) in [6, 6.07) is 0. The lowest BCUT2D eigenvalue weighted by atomic mass is 10.5. The van der Waals surface area contributed by atoms with E-state index in [-0.39, 0.29) is 6.42 Å². The molecule has 3 heteroatoms. The molecule has 0 bridgehead atoms. The smallest absolute Gasteiger partial charge is 0.303 e. The fourth-order valence-corrected chi connectivity index (χ4v) is 0. The molecule has 56 valence electrons. The van der Waals surface area contributed by atoms with Crippen LogP contribution in [-0.4, -0.2) is 17.6 Å². The van der Waals surface area contributed by atoms with Crippen LogP contribution in [0.4, 0.5) is 0 Å². The second-order valence-electron chi connectivity index (χ2n) is 1.54. The van der Waals surface area contributed by atoms with E-state index in [1.54, 1.807) is 6.92 Å². The third kappa shape index (κ3) is 37.1. The van der Waals surface area contributed by atoms with Crippen molar-refractivity contribution in [1.82, 2.24) is 0 Å². The summed E-state index contributed by atoms with van der Waals surface area (Å²) in [7, 11) is 0. The molecular weight excluding hydrogens is 118 g/mol. The Kier molecular flexibility index (Phi) is 13.0. The van der Waals surface area contributed by atoms with Gasteiger partial charge in [0.1, 0.15) is 0 Å². The molecule has 0 amide bonds. The molecule has 0 saturated carbocycles. The van der Waals surface area contributed by atoms with Gasteiger partial charge in [0.2, 0.25) is 0 Å². The highest BCUT2D eigenvalue weighted by Crippen LogP contribution is 1.67. The van der Waals surface area contributed by atoms with Gasteiger partial charge in [-0.3, -0.25) is 4.79 Å². The molecule has 0 aromatic rings. The van der Waals surface area contributed by atoms with Gasteiger partial charge < -0.3 is 10.8 Å². The van der Waals surface area contributed by atoms with Crippen LogP contribution in [-0.2, 0) is 4.79 Å². The lowest BCUT2D eigenvalue weighted by Gasteiger charge is -1.71. The maximum absolute atomic E-state index is 9.37. The Balaban J connectivity index is 0. The maximum atomic E-state index is 9.37. The standard InChI is InChI=1S/C3H9N.C3H6O2/c1-2-3-4;1-2-3(4)5/h2-4H2,1H3;2H2,1H3,(H,4,5). The van der Waals surface area contributed by atoms with Gasteiger partial charge in [0.15, 0.2) is 0 Å². The van der Waals surface area contributed by atoms with E-state index in [9.17, 15) is 4.79 Å². The zero-order valence-electron chi connectivity index (χ0n) is 6.05. The van der Waals surface area contributed by atoms with Crippen LogP contribution in [0.15, 0.2) is 0 Å². The first-order valence-electron chi connectivity index (χ1n) is 3.10. The van der Waals surface area contributed by atoms with E-state index in [1.165, 1.54) is 0 Å². The highest BCUT2D eigenvalue weighted by Gasteiger charge is 1.80. The molecule has 0 spiro atoms. The molecule has 0 fully saturated rings. The predicted molar refractivity (Wildman–Crippen MR) is 37.3 cm³/mol. The number of carboxylic acid groups (broad SMARTS) is 1. The number of hydrogen-bond donors (Lipinski definition) is 2. The second kappa shape index (κ2) is 10.4. The van der Waals surface area contributed by atoms with Crippen molar-refractivity contribution >= 4 is 5.97 Å². The Morgan fingerprint density at radius 2 is 1.78 bits per heavy atom. The summed E-state index contributed by atoms with van der Waals surface area (Å²) < 4.78 is 0. The van der Waals surface area contributed by atoms with Crippen molar-refractivity contribution in [2.24, 2.45) is 5.73 Å². The summed E-state index contributed by atoms with van der Waals surface area (Å²) in [4.78, 5) is 9.37. The molecular formula is C6H15NO2. The van der Waals surface area contributed by atoms with E-state index >= 15 is 0 Å². The van der Waals surface area contributed by atoms with E-state index in [4.69, 9.17) is 10.8 Å². The minimum Gasteiger partial charge on any atom is -0.481 e. The number of nitrogens with two attached hydrogens (primary N) is 1. The Morgan fingerprint density at radius 3 is 1.78 bits per heavy atom. The summed E-state index contributed by atoms with van der Waals surface area (Å²) in [6.07, 6.45) is 1.32. The topological polar surface area (TPSA) is 63.3 Å². The van der Waals surface area contributed by atoms with E-state index < -0.39 is 5.97 Å². The third-order valence-electron chi connectivity index (χ3n) is 0.591. The summed E-state index contributed by atoms with van der Waals surface area (Å²) in [5.74, 6) is -0.745. The Labute approximate surface area is 55.9 Å². The Morgan fingerprint density at radius 1 is 1.56 bits per heavy atom. The summed E-state index contributed by atoms with van der Waals surface area (Å²) in [5.41, 5.74) is 5.03.